The average Bonchev–Trinajstić information content (AvgIpc) is 2.43. The minimum atomic E-state index is -0.699. The first-order valence-electron chi connectivity index (χ1n) is 5.47. The fourth-order valence-corrected chi connectivity index (χ4v) is 1.92. The van der Waals surface area contributed by atoms with Crippen molar-refractivity contribution in [3.05, 3.63) is 63.4 Å². The van der Waals surface area contributed by atoms with E-state index in [1.165, 1.54) is 24.3 Å². The first-order valence-corrected chi connectivity index (χ1v) is 6.23. The lowest BCUT2D eigenvalue weighted by Crippen LogP contribution is -2.13. The highest BCUT2D eigenvalue weighted by Crippen LogP contribution is 2.23. The summed E-state index contributed by atoms with van der Waals surface area (Å²) in [4.78, 5) is 12.0. The van der Waals surface area contributed by atoms with Crippen molar-refractivity contribution in [2.75, 3.05) is 5.32 Å². The van der Waals surface area contributed by atoms with Crippen molar-refractivity contribution >= 4 is 34.8 Å². The van der Waals surface area contributed by atoms with Gasteiger partial charge in [-0.25, -0.2) is 4.39 Å². The molecule has 0 fully saturated rings. The molecule has 3 nitrogen and oxygen atoms in total. The molecule has 0 aliphatic rings. The van der Waals surface area contributed by atoms with Crippen LogP contribution < -0.4 is 5.32 Å². The molecule has 6 heteroatoms. The number of carbonyl (C=O) groups excluding carboxylic acids is 1. The number of carbonyl (C=O) groups is 1. The smallest absolute Gasteiger partial charge is 0.257 e. The van der Waals surface area contributed by atoms with Crippen LogP contribution in [0.1, 0.15) is 15.9 Å². The quantitative estimate of drug-likeness (QED) is 0.901. The molecule has 100 valence electrons. The van der Waals surface area contributed by atoms with Gasteiger partial charge < -0.3 is 5.32 Å². The van der Waals surface area contributed by atoms with E-state index in [9.17, 15) is 9.18 Å². The van der Waals surface area contributed by atoms with Crippen molar-refractivity contribution in [1.29, 1.82) is 5.26 Å². The highest BCUT2D eigenvalue weighted by molar-refractivity contribution is 6.36. The molecular formula is C14H7Cl2FN2O. The number of hydrogen-bond donors (Lipinski definition) is 1. The molecule has 0 aliphatic heterocycles. The number of benzene rings is 2. The largest absolute Gasteiger partial charge is 0.319 e. The van der Waals surface area contributed by atoms with Crippen molar-refractivity contribution in [1.82, 2.24) is 0 Å². The van der Waals surface area contributed by atoms with Gasteiger partial charge in [0.15, 0.2) is 0 Å². The maximum absolute atomic E-state index is 13.7. The van der Waals surface area contributed by atoms with E-state index in [-0.39, 0.29) is 21.8 Å². The summed E-state index contributed by atoms with van der Waals surface area (Å²) in [6.45, 7) is 0. The SMILES string of the molecule is N#Cc1ccc(NC(=O)c2cc(Cl)ccc2Cl)c(F)c1. The van der Waals surface area contributed by atoms with Gasteiger partial charge in [0.1, 0.15) is 5.82 Å². The molecule has 2 aromatic carbocycles. The molecule has 0 spiro atoms. The van der Waals surface area contributed by atoms with Crippen LogP contribution in [0.15, 0.2) is 36.4 Å². The van der Waals surface area contributed by atoms with Crippen LogP contribution in [0.3, 0.4) is 0 Å². The Morgan fingerprint density at radius 2 is 1.95 bits per heavy atom. The highest BCUT2D eigenvalue weighted by Gasteiger charge is 2.13. The molecule has 0 aliphatic carbocycles. The molecule has 20 heavy (non-hydrogen) atoms. The van der Waals surface area contributed by atoms with Gasteiger partial charge in [-0.3, -0.25) is 4.79 Å². The molecule has 0 unspecified atom stereocenters. The van der Waals surface area contributed by atoms with Crippen molar-refractivity contribution in [2.24, 2.45) is 0 Å². The van der Waals surface area contributed by atoms with E-state index in [0.717, 1.165) is 6.07 Å². The summed E-state index contributed by atoms with van der Waals surface area (Å²) in [5.74, 6) is -1.28. The molecule has 0 saturated heterocycles. The zero-order chi connectivity index (χ0) is 14.7. The predicted octanol–water partition coefficient (Wildman–Crippen LogP) is 4.26. The third-order valence-electron chi connectivity index (χ3n) is 2.52. The molecule has 1 amide bonds. The van der Waals surface area contributed by atoms with E-state index in [2.05, 4.69) is 5.32 Å². The van der Waals surface area contributed by atoms with Crippen molar-refractivity contribution in [2.45, 2.75) is 0 Å². The summed E-state index contributed by atoms with van der Waals surface area (Å²) >= 11 is 11.7. The standard InChI is InChI=1S/C14H7Cl2FN2O/c15-9-2-3-11(16)10(6-9)14(20)19-13-4-1-8(7-18)5-12(13)17/h1-6H,(H,19,20). The topological polar surface area (TPSA) is 52.9 Å². The van der Waals surface area contributed by atoms with E-state index in [0.29, 0.717) is 5.02 Å². The fourth-order valence-electron chi connectivity index (χ4n) is 1.55. The van der Waals surface area contributed by atoms with Gasteiger partial charge in [0.25, 0.3) is 5.91 Å². The van der Waals surface area contributed by atoms with Gasteiger partial charge in [-0.1, -0.05) is 23.2 Å². The molecule has 0 bridgehead atoms. The molecule has 1 N–H and O–H groups in total. The number of hydrogen-bond acceptors (Lipinski definition) is 2. The van der Waals surface area contributed by atoms with Gasteiger partial charge >= 0.3 is 0 Å². The number of nitrogens with zero attached hydrogens (tertiary/aromatic N) is 1. The first kappa shape index (κ1) is 14.3. The lowest BCUT2D eigenvalue weighted by molar-refractivity contribution is 0.102. The zero-order valence-corrected chi connectivity index (χ0v) is 11.5. The van der Waals surface area contributed by atoms with Gasteiger partial charge in [-0.2, -0.15) is 5.26 Å². The Morgan fingerprint density at radius 3 is 2.60 bits per heavy atom. The number of halogens is 3. The maximum atomic E-state index is 13.7. The first-order chi connectivity index (χ1) is 9.51. The summed E-state index contributed by atoms with van der Waals surface area (Å²) < 4.78 is 13.7. The van der Waals surface area contributed by atoms with Crippen LogP contribution in [0.2, 0.25) is 10.0 Å². The predicted molar refractivity (Wildman–Crippen MR) is 75.5 cm³/mol. The molecular weight excluding hydrogens is 302 g/mol. The molecule has 0 heterocycles. The monoisotopic (exact) mass is 308 g/mol. The maximum Gasteiger partial charge on any atom is 0.257 e. The zero-order valence-electron chi connectivity index (χ0n) is 9.95. The normalized spacial score (nSPS) is 9.90. The average molecular weight is 309 g/mol. The molecule has 0 radical (unpaired) electrons. The van der Waals surface area contributed by atoms with E-state index in [1.807, 2.05) is 0 Å². The van der Waals surface area contributed by atoms with Crippen LogP contribution in [0.4, 0.5) is 10.1 Å². The van der Waals surface area contributed by atoms with Crippen LogP contribution >= 0.6 is 23.2 Å². The Labute approximate surface area is 124 Å². The number of amides is 1. The van der Waals surface area contributed by atoms with E-state index in [1.54, 1.807) is 12.1 Å². The summed E-state index contributed by atoms with van der Waals surface area (Å²) in [6.07, 6.45) is 0. The third-order valence-corrected chi connectivity index (χ3v) is 3.08. The van der Waals surface area contributed by atoms with Crippen LogP contribution in [0.25, 0.3) is 0 Å². The van der Waals surface area contributed by atoms with Gasteiger partial charge in [0.05, 0.1) is 27.9 Å². The summed E-state index contributed by atoms with van der Waals surface area (Å²) in [5, 5.41) is 11.6. The van der Waals surface area contributed by atoms with Gasteiger partial charge in [-0.15, -0.1) is 0 Å². The summed E-state index contributed by atoms with van der Waals surface area (Å²) in [7, 11) is 0. The molecule has 0 saturated carbocycles. The van der Waals surface area contributed by atoms with E-state index < -0.39 is 11.7 Å². The summed E-state index contributed by atoms with van der Waals surface area (Å²) in [6, 6.07) is 9.97. The lowest BCUT2D eigenvalue weighted by atomic mass is 10.2. The number of rotatable bonds is 2. The van der Waals surface area contributed by atoms with Crippen LogP contribution in [0, 0.1) is 17.1 Å². The Morgan fingerprint density at radius 1 is 1.20 bits per heavy atom. The Bertz CT molecular complexity index is 726. The van der Waals surface area contributed by atoms with Crippen molar-refractivity contribution in [3.63, 3.8) is 0 Å². The minimum absolute atomic E-state index is 0.0370. The second kappa shape index (κ2) is 5.91. The van der Waals surface area contributed by atoms with Crippen molar-refractivity contribution in [3.8, 4) is 6.07 Å². The number of nitriles is 1. The minimum Gasteiger partial charge on any atom is -0.319 e. The third kappa shape index (κ3) is 3.08. The highest BCUT2D eigenvalue weighted by atomic mass is 35.5. The Kier molecular flexibility index (Phi) is 4.23. The van der Waals surface area contributed by atoms with Gasteiger partial charge in [0.2, 0.25) is 0 Å². The van der Waals surface area contributed by atoms with E-state index >= 15 is 0 Å². The fraction of sp³-hybridized carbons (Fsp3) is 0. The van der Waals surface area contributed by atoms with Crippen LogP contribution in [-0.4, -0.2) is 5.91 Å². The molecule has 0 atom stereocenters. The summed E-state index contributed by atoms with van der Waals surface area (Å²) in [5.41, 5.74) is 0.272. The number of nitrogens with one attached hydrogen (secondary N) is 1. The van der Waals surface area contributed by atoms with Crippen LogP contribution in [-0.2, 0) is 0 Å². The van der Waals surface area contributed by atoms with Gasteiger partial charge in [-0.05, 0) is 36.4 Å². The lowest BCUT2D eigenvalue weighted by Gasteiger charge is -2.08. The Balaban J connectivity index is 2.28. The number of anilines is 1. The van der Waals surface area contributed by atoms with Crippen molar-refractivity contribution < 1.29 is 9.18 Å². The Hall–Kier alpha value is -2.09. The molecule has 0 aromatic heterocycles. The van der Waals surface area contributed by atoms with Gasteiger partial charge in [0, 0.05) is 5.02 Å². The second-order valence-corrected chi connectivity index (χ2v) is 4.73. The molecule has 2 rings (SSSR count). The van der Waals surface area contributed by atoms with Crippen LogP contribution in [0.5, 0.6) is 0 Å². The molecule has 2 aromatic rings. The second-order valence-electron chi connectivity index (χ2n) is 3.88. The van der Waals surface area contributed by atoms with E-state index in [4.69, 9.17) is 28.5 Å².